The van der Waals surface area contributed by atoms with E-state index < -0.39 is 60.7 Å². The number of rotatable bonds is 12. The molecule has 0 fully saturated rings. The molecule has 0 aliphatic rings. The first-order valence-electron chi connectivity index (χ1n) is 26.9. The smallest absolute Gasteiger partial charge is 0.422 e. The van der Waals surface area contributed by atoms with E-state index in [1.165, 1.54) is 78.2 Å². The number of para-hydroxylation sites is 2. The second-order valence-corrected chi connectivity index (χ2v) is 26.4. The van der Waals surface area contributed by atoms with Crippen molar-refractivity contribution >= 4 is 166 Å². The van der Waals surface area contributed by atoms with Crippen LogP contribution in [-0.2, 0) is 28.2 Å². The number of H-pyrrole nitrogens is 1. The van der Waals surface area contributed by atoms with Crippen molar-refractivity contribution in [2.75, 3.05) is 15.6 Å². The Morgan fingerprint density at radius 1 is 0.505 bits per heavy atom. The summed E-state index contributed by atoms with van der Waals surface area (Å²) in [6.45, 7) is 0. The van der Waals surface area contributed by atoms with Gasteiger partial charge in [-0.25, -0.2) is 42.5 Å². The first kappa shape index (κ1) is 72.7. The third kappa shape index (κ3) is 20.2. The van der Waals surface area contributed by atoms with Gasteiger partial charge in [0.2, 0.25) is 0 Å². The summed E-state index contributed by atoms with van der Waals surface area (Å²) in [7, 11) is 4.03. The molecule has 2 aromatic carbocycles. The molecule has 488 valence electrons. The van der Waals surface area contributed by atoms with E-state index in [0.717, 1.165) is 80.7 Å². The molecule has 0 aliphatic heterocycles. The van der Waals surface area contributed by atoms with Crippen molar-refractivity contribution in [3.05, 3.63) is 198 Å². The third-order valence-electron chi connectivity index (χ3n) is 12.0. The van der Waals surface area contributed by atoms with Crippen LogP contribution >= 0.6 is 118 Å². The SMILES string of the molecule is CI.Cn1ccc(-c2nccs2)n1.Cn1nc(-c2nccs2)cc1-c1ccc(C(=O)Nc2c(F)cccc2F)s1.Cn1nc(-c2nccs2)cc1B(O)O.Cn1nc(-c2nccs2)cc1B(O)O.O=C(Nc1c(F)cccc1F)c1ccc(Br)s1.c1cc(-c2nccs2)[nH]n1. The van der Waals surface area contributed by atoms with Gasteiger partial charge in [-0.15, -0.1) is 79.4 Å². The lowest BCUT2D eigenvalue weighted by Gasteiger charge is -2.05. The molecular weight excluding hydrogens is 1550 g/mol. The number of aromatic nitrogens is 15. The molecule has 0 atom stereocenters. The molecule has 12 heterocycles. The lowest BCUT2D eigenvalue weighted by molar-refractivity contribution is 0.102. The van der Waals surface area contributed by atoms with E-state index in [-0.39, 0.29) is 0 Å². The van der Waals surface area contributed by atoms with Crippen LogP contribution in [0.1, 0.15) is 19.3 Å². The predicted molar refractivity (Wildman–Crippen MR) is 381 cm³/mol. The number of aryl methyl sites for hydroxylation is 4. The number of halogens is 6. The van der Waals surface area contributed by atoms with Crippen molar-refractivity contribution in [1.29, 1.82) is 0 Å². The van der Waals surface area contributed by atoms with Gasteiger partial charge in [-0.3, -0.25) is 33.4 Å². The van der Waals surface area contributed by atoms with Gasteiger partial charge in [-0.05, 0) is 99.7 Å². The first-order valence-corrected chi connectivity index (χ1v) is 35.8. The number of anilines is 2. The zero-order valence-corrected chi connectivity index (χ0v) is 59.2. The minimum atomic E-state index is -1.50. The maximum absolute atomic E-state index is 13.7. The Morgan fingerprint density at radius 3 is 1.28 bits per heavy atom. The number of carbonyl (C=O) groups is 2. The summed E-state index contributed by atoms with van der Waals surface area (Å²) in [5.74, 6) is -4.34. The number of hydrogen-bond donors (Lipinski definition) is 7. The molecule has 0 aliphatic carbocycles. The van der Waals surface area contributed by atoms with Crippen LogP contribution in [0.5, 0.6) is 0 Å². The van der Waals surface area contributed by atoms with Crippen LogP contribution in [0.2, 0.25) is 0 Å². The Kier molecular flexibility index (Phi) is 27.2. The fraction of sp³-hybridized carbons (Fsp3) is 0.0877. The molecule has 0 bridgehead atoms. The fourth-order valence-corrected chi connectivity index (χ4v) is 13.0. The number of carbonyl (C=O) groups excluding carboxylic acids is 2. The van der Waals surface area contributed by atoms with Gasteiger partial charge in [0.05, 0.1) is 41.0 Å². The molecule has 7 N–H and O–H groups in total. The molecule has 12 aromatic heterocycles. The van der Waals surface area contributed by atoms with Crippen LogP contribution in [0.25, 0.3) is 64.1 Å². The maximum atomic E-state index is 13.7. The van der Waals surface area contributed by atoms with Crippen LogP contribution in [-0.4, -0.2) is 125 Å². The molecule has 14 rings (SSSR count). The second-order valence-electron chi connectivity index (χ2n) is 18.3. The van der Waals surface area contributed by atoms with Gasteiger partial charge in [0, 0.05) is 98.5 Å². The molecule has 0 saturated heterocycles. The summed E-state index contributed by atoms with van der Waals surface area (Å²) < 4.78 is 61.1. The molecule has 95 heavy (non-hydrogen) atoms. The molecular formula is C57H49B2BrF4IN17O6S7. The van der Waals surface area contributed by atoms with E-state index >= 15 is 0 Å². The summed E-state index contributed by atoms with van der Waals surface area (Å²) in [4.78, 5) is 48.2. The number of benzene rings is 2. The third-order valence-corrected chi connectivity index (χ3v) is 18.7. The van der Waals surface area contributed by atoms with Gasteiger partial charge in [-0.2, -0.15) is 25.5 Å². The molecule has 14 aromatic rings. The Bertz CT molecular complexity index is 4470. The van der Waals surface area contributed by atoms with Gasteiger partial charge in [-0.1, -0.05) is 34.7 Å². The van der Waals surface area contributed by atoms with Crippen molar-refractivity contribution in [2.45, 2.75) is 0 Å². The van der Waals surface area contributed by atoms with E-state index in [1.807, 2.05) is 63.3 Å². The largest absolute Gasteiger partial charge is 0.507 e. The van der Waals surface area contributed by atoms with Crippen LogP contribution in [0.4, 0.5) is 28.9 Å². The number of thiophene rings is 2. The van der Waals surface area contributed by atoms with Gasteiger partial charge in [0.15, 0.2) is 0 Å². The lowest BCUT2D eigenvalue weighted by Crippen LogP contribution is -2.35. The zero-order valence-electron chi connectivity index (χ0n) is 49.7. The van der Waals surface area contributed by atoms with E-state index in [2.05, 4.69) is 105 Å². The average Bonchev–Trinajstić information content (AvgIpc) is 1.72. The highest BCUT2D eigenvalue weighted by Gasteiger charge is 2.22. The molecule has 0 radical (unpaired) electrons. The topological polar surface area (TPSA) is 304 Å². The predicted octanol–water partition coefficient (Wildman–Crippen LogP) is 11.4. The number of amides is 2. The lowest BCUT2D eigenvalue weighted by atomic mass is 9.86. The number of hydrogen-bond acceptors (Lipinski definition) is 23. The quantitative estimate of drug-likeness (QED) is 0.0259. The standard InChI is InChI=1S/C18H12F2N4OS2.C11H6BrF2NOS.2C7H8BN3O2S.C7H7N3S.C6H5N3S.CH3I/c1-24-13(9-12(23-24)18-21-7-8-26-18)14-5-6-15(27-14)17(25)22-16-10(19)3-2-4-11(16)20;12-9-5-4-8(17-9)11(16)15-10-6(13)2-1-3-7(10)14;2*1-11-6(8(12)13)4-5(10-11)7-9-2-3-14-7;1-10-4-2-6(9-10)7-8-3-5-11-7;1-2-8-9-5(1)6-7-3-4-10-6;1-2/h2-9H,1H3,(H,22,25);1-5H,(H,15,16);2*2-4,12-13H,1H3;2-5H,1H3;1-4H,(H,8,9);1H3. The monoisotopic (exact) mass is 1600 g/mol. The van der Waals surface area contributed by atoms with Crippen molar-refractivity contribution in [3.8, 4) is 64.1 Å². The maximum Gasteiger partial charge on any atom is 0.507 e. The molecule has 23 nitrogen and oxygen atoms in total. The summed E-state index contributed by atoms with van der Waals surface area (Å²) in [5, 5.41) is 77.8. The Balaban J connectivity index is 0.000000150. The van der Waals surface area contributed by atoms with Crippen molar-refractivity contribution in [1.82, 2.24) is 74.2 Å². The van der Waals surface area contributed by atoms with Crippen molar-refractivity contribution in [2.24, 2.45) is 28.2 Å². The van der Waals surface area contributed by atoms with E-state index in [0.29, 0.717) is 32.3 Å². The van der Waals surface area contributed by atoms with E-state index in [9.17, 15) is 27.2 Å². The van der Waals surface area contributed by atoms with Gasteiger partial charge in [0.25, 0.3) is 11.8 Å². The molecule has 38 heteroatoms. The summed E-state index contributed by atoms with van der Waals surface area (Å²) in [6, 6.07) is 22.5. The number of aromatic amines is 1. The molecule has 0 spiro atoms. The molecule has 0 unspecified atom stereocenters. The summed E-state index contributed by atoms with van der Waals surface area (Å²) >= 11 is 15.4. The zero-order chi connectivity index (χ0) is 68.1. The normalized spacial score (nSPS) is 10.3. The number of thiazole rings is 5. The minimum Gasteiger partial charge on any atom is -0.422 e. The second kappa shape index (κ2) is 35.6. The van der Waals surface area contributed by atoms with Crippen LogP contribution < -0.4 is 21.8 Å². The van der Waals surface area contributed by atoms with Gasteiger partial charge < -0.3 is 30.7 Å². The summed E-state index contributed by atoms with van der Waals surface area (Å²) in [5.41, 5.74) is 4.64. The Morgan fingerprint density at radius 2 is 0.916 bits per heavy atom. The van der Waals surface area contributed by atoms with Crippen LogP contribution in [0.3, 0.4) is 0 Å². The number of nitrogens with zero attached hydrogens (tertiary/aromatic N) is 14. The molecule has 2 amide bonds. The van der Waals surface area contributed by atoms with Crippen LogP contribution in [0, 0.1) is 23.3 Å². The van der Waals surface area contributed by atoms with E-state index in [4.69, 9.17) is 20.1 Å². The number of alkyl halides is 1. The summed E-state index contributed by atoms with van der Waals surface area (Å²) in [6.07, 6.45) is 12.3. The Labute approximate surface area is 588 Å². The minimum absolute atomic E-state index is 0.338. The van der Waals surface area contributed by atoms with Gasteiger partial charge >= 0.3 is 14.2 Å². The average molecular weight is 1600 g/mol. The highest BCUT2D eigenvalue weighted by atomic mass is 127. The molecule has 0 saturated carbocycles. The van der Waals surface area contributed by atoms with E-state index in [1.54, 1.807) is 127 Å². The van der Waals surface area contributed by atoms with Crippen molar-refractivity contribution < 1.29 is 47.2 Å². The highest BCUT2D eigenvalue weighted by Crippen LogP contribution is 2.33. The van der Waals surface area contributed by atoms with Crippen LogP contribution in [0.15, 0.2) is 165 Å². The van der Waals surface area contributed by atoms with Crippen molar-refractivity contribution in [3.63, 3.8) is 0 Å². The Hall–Kier alpha value is -8.12. The highest BCUT2D eigenvalue weighted by molar-refractivity contribution is 14.1. The first-order chi connectivity index (χ1) is 45.8. The fourth-order valence-electron chi connectivity index (χ4n) is 7.74. The van der Waals surface area contributed by atoms with Gasteiger partial charge in [0.1, 0.15) is 82.5 Å². The number of nitrogens with one attached hydrogen (secondary N) is 3.